The zero-order valence-corrected chi connectivity index (χ0v) is 13.6. The van der Waals surface area contributed by atoms with Crippen LogP contribution in [0.25, 0.3) is 0 Å². The van der Waals surface area contributed by atoms with E-state index in [1.807, 2.05) is 6.92 Å². The molecule has 0 aliphatic heterocycles. The first-order chi connectivity index (χ1) is 9.45. The number of aryl methyl sites for hydroxylation is 1. The molecule has 0 bridgehead atoms. The van der Waals surface area contributed by atoms with Crippen LogP contribution in [0.4, 0.5) is 0 Å². The van der Waals surface area contributed by atoms with Gasteiger partial charge in [-0.1, -0.05) is 32.9 Å². The van der Waals surface area contributed by atoms with Crippen molar-refractivity contribution in [2.24, 2.45) is 0 Å². The van der Waals surface area contributed by atoms with Crippen molar-refractivity contribution in [2.45, 2.75) is 40.0 Å². The van der Waals surface area contributed by atoms with E-state index >= 15 is 0 Å². The molecule has 1 aromatic rings. The molecule has 3 nitrogen and oxygen atoms in total. The summed E-state index contributed by atoms with van der Waals surface area (Å²) in [6.45, 7) is 14.7. The lowest BCUT2D eigenvalue weighted by atomic mass is 9.86. The lowest BCUT2D eigenvalue weighted by Gasteiger charge is -2.23. The number of ether oxygens (including phenoxy) is 2. The molecule has 0 spiro atoms. The first kappa shape index (κ1) is 17.0. The maximum absolute atomic E-state index is 5.95. The summed E-state index contributed by atoms with van der Waals surface area (Å²) in [4.78, 5) is 0. The van der Waals surface area contributed by atoms with Crippen molar-refractivity contribution >= 4 is 0 Å². The third-order valence-corrected chi connectivity index (χ3v) is 3.11. The van der Waals surface area contributed by atoms with E-state index in [2.05, 4.69) is 51.2 Å². The molecule has 1 N–H and O–H groups in total. The first-order valence-corrected chi connectivity index (χ1v) is 7.47. The van der Waals surface area contributed by atoms with Crippen LogP contribution in [0.5, 0.6) is 5.75 Å². The van der Waals surface area contributed by atoms with Gasteiger partial charge >= 0.3 is 0 Å². The Labute approximate surface area is 123 Å². The molecule has 1 rings (SSSR count). The van der Waals surface area contributed by atoms with Crippen molar-refractivity contribution in [2.75, 3.05) is 32.9 Å². The fourth-order valence-electron chi connectivity index (χ4n) is 2.02. The van der Waals surface area contributed by atoms with Crippen LogP contribution in [0, 0.1) is 6.92 Å². The largest absolute Gasteiger partial charge is 0.492 e. The van der Waals surface area contributed by atoms with Gasteiger partial charge in [-0.2, -0.15) is 0 Å². The van der Waals surface area contributed by atoms with Crippen molar-refractivity contribution in [3.05, 3.63) is 29.3 Å². The molecule has 0 heterocycles. The predicted octanol–water partition coefficient (Wildman–Crippen LogP) is 3.30. The third-order valence-electron chi connectivity index (χ3n) is 3.11. The number of hydrogen-bond acceptors (Lipinski definition) is 3. The van der Waals surface area contributed by atoms with Crippen LogP contribution in [-0.4, -0.2) is 32.9 Å². The molecule has 0 fully saturated rings. The minimum absolute atomic E-state index is 0.103. The molecule has 1 aromatic carbocycles. The van der Waals surface area contributed by atoms with E-state index < -0.39 is 0 Å². The average molecular weight is 279 g/mol. The standard InChI is InChI=1S/C17H29NO2/c1-6-19-11-9-18-10-12-20-16-13-14(2)7-8-15(16)17(3,4)5/h7-8,13,18H,6,9-12H2,1-5H3. The maximum atomic E-state index is 5.95. The predicted molar refractivity (Wildman–Crippen MR) is 84.7 cm³/mol. The minimum atomic E-state index is 0.103. The smallest absolute Gasteiger partial charge is 0.123 e. The average Bonchev–Trinajstić information content (AvgIpc) is 2.36. The van der Waals surface area contributed by atoms with Gasteiger partial charge in [0, 0.05) is 19.7 Å². The van der Waals surface area contributed by atoms with E-state index in [1.165, 1.54) is 11.1 Å². The fraction of sp³-hybridized carbons (Fsp3) is 0.647. The second-order valence-corrected chi connectivity index (χ2v) is 6.04. The Bertz CT molecular complexity index is 396. The van der Waals surface area contributed by atoms with Crippen LogP contribution in [0.3, 0.4) is 0 Å². The highest BCUT2D eigenvalue weighted by Crippen LogP contribution is 2.31. The SMILES string of the molecule is CCOCCNCCOc1cc(C)ccc1C(C)(C)C. The Hall–Kier alpha value is -1.06. The van der Waals surface area contributed by atoms with Crippen LogP contribution in [-0.2, 0) is 10.2 Å². The van der Waals surface area contributed by atoms with E-state index in [4.69, 9.17) is 9.47 Å². The third kappa shape index (κ3) is 5.93. The molecule has 0 radical (unpaired) electrons. The molecule has 0 aliphatic rings. The first-order valence-electron chi connectivity index (χ1n) is 7.47. The quantitative estimate of drug-likeness (QED) is 0.741. The van der Waals surface area contributed by atoms with Crippen molar-refractivity contribution in [3.63, 3.8) is 0 Å². The Balaban J connectivity index is 2.45. The van der Waals surface area contributed by atoms with Gasteiger partial charge in [-0.15, -0.1) is 0 Å². The Kier molecular flexibility index (Phi) is 7.03. The fourth-order valence-corrected chi connectivity index (χ4v) is 2.02. The van der Waals surface area contributed by atoms with E-state index in [-0.39, 0.29) is 5.41 Å². The summed E-state index contributed by atoms with van der Waals surface area (Å²) in [5.74, 6) is 1.00. The second-order valence-electron chi connectivity index (χ2n) is 6.04. The topological polar surface area (TPSA) is 30.5 Å². The molecule has 0 amide bonds. The molecule has 0 aromatic heterocycles. The monoisotopic (exact) mass is 279 g/mol. The van der Waals surface area contributed by atoms with Gasteiger partial charge in [0.05, 0.1) is 6.61 Å². The molecule has 0 aliphatic carbocycles. The Morgan fingerprint density at radius 1 is 1.10 bits per heavy atom. The lowest BCUT2D eigenvalue weighted by molar-refractivity contribution is 0.148. The molecular weight excluding hydrogens is 250 g/mol. The molecule has 0 atom stereocenters. The number of nitrogens with one attached hydrogen (secondary N) is 1. The summed E-state index contributed by atoms with van der Waals surface area (Å²) in [5, 5.41) is 3.31. The molecule has 114 valence electrons. The molecular formula is C17H29NO2. The van der Waals surface area contributed by atoms with Crippen LogP contribution in [0.1, 0.15) is 38.8 Å². The Morgan fingerprint density at radius 2 is 1.80 bits per heavy atom. The number of hydrogen-bond donors (Lipinski definition) is 1. The zero-order valence-electron chi connectivity index (χ0n) is 13.6. The molecule has 0 saturated heterocycles. The van der Waals surface area contributed by atoms with Gasteiger partial charge in [-0.05, 0) is 36.5 Å². The van der Waals surface area contributed by atoms with Gasteiger partial charge in [0.25, 0.3) is 0 Å². The summed E-state index contributed by atoms with van der Waals surface area (Å²) < 4.78 is 11.2. The van der Waals surface area contributed by atoms with Crippen LogP contribution in [0.15, 0.2) is 18.2 Å². The highest BCUT2D eigenvalue weighted by Gasteiger charge is 2.18. The summed E-state index contributed by atoms with van der Waals surface area (Å²) >= 11 is 0. The zero-order chi connectivity index (χ0) is 15.0. The molecule has 20 heavy (non-hydrogen) atoms. The molecule has 0 saturated carbocycles. The van der Waals surface area contributed by atoms with Crippen LogP contribution < -0.4 is 10.1 Å². The van der Waals surface area contributed by atoms with Crippen molar-refractivity contribution in [3.8, 4) is 5.75 Å². The molecule has 0 unspecified atom stereocenters. The summed E-state index contributed by atoms with van der Waals surface area (Å²) in [5.41, 5.74) is 2.60. The second kappa shape index (κ2) is 8.28. The van der Waals surface area contributed by atoms with Gasteiger partial charge in [0.2, 0.25) is 0 Å². The van der Waals surface area contributed by atoms with Crippen LogP contribution in [0.2, 0.25) is 0 Å². The number of benzene rings is 1. The van der Waals surface area contributed by atoms with Gasteiger partial charge in [0.1, 0.15) is 12.4 Å². The van der Waals surface area contributed by atoms with Crippen molar-refractivity contribution in [1.82, 2.24) is 5.32 Å². The van der Waals surface area contributed by atoms with Crippen molar-refractivity contribution in [1.29, 1.82) is 0 Å². The number of rotatable bonds is 8. The van der Waals surface area contributed by atoms with Gasteiger partial charge in [0.15, 0.2) is 0 Å². The van der Waals surface area contributed by atoms with Crippen LogP contribution >= 0.6 is 0 Å². The minimum Gasteiger partial charge on any atom is -0.492 e. The summed E-state index contributed by atoms with van der Waals surface area (Å²) in [7, 11) is 0. The van der Waals surface area contributed by atoms with E-state index in [9.17, 15) is 0 Å². The Morgan fingerprint density at radius 3 is 2.45 bits per heavy atom. The summed E-state index contributed by atoms with van der Waals surface area (Å²) in [6.07, 6.45) is 0. The van der Waals surface area contributed by atoms with Crippen molar-refractivity contribution < 1.29 is 9.47 Å². The highest BCUT2D eigenvalue weighted by atomic mass is 16.5. The van der Waals surface area contributed by atoms with Gasteiger partial charge in [-0.3, -0.25) is 0 Å². The van der Waals surface area contributed by atoms with E-state index in [0.29, 0.717) is 6.61 Å². The van der Waals surface area contributed by atoms with Gasteiger partial charge in [-0.25, -0.2) is 0 Å². The summed E-state index contributed by atoms with van der Waals surface area (Å²) in [6, 6.07) is 6.45. The van der Waals surface area contributed by atoms with E-state index in [0.717, 1.165) is 32.1 Å². The lowest BCUT2D eigenvalue weighted by Crippen LogP contribution is -2.25. The highest BCUT2D eigenvalue weighted by molar-refractivity contribution is 5.41. The molecule has 3 heteroatoms. The van der Waals surface area contributed by atoms with Gasteiger partial charge < -0.3 is 14.8 Å². The van der Waals surface area contributed by atoms with E-state index in [1.54, 1.807) is 0 Å². The maximum Gasteiger partial charge on any atom is 0.123 e. The normalized spacial score (nSPS) is 11.7.